The number of carbonyl (C=O) groups excluding carboxylic acids is 1. The first kappa shape index (κ1) is 14.5. The number of aryl methyl sites for hydroxylation is 3. The number of carbonyl (C=O) groups is 1. The van der Waals surface area contributed by atoms with Gasteiger partial charge in [-0.1, -0.05) is 17.7 Å². The molecule has 0 spiro atoms. The predicted molar refractivity (Wildman–Crippen MR) is 85.6 cm³/mol. The van der Waals surface area contributed by atoms with E-state index in [-0.39, 0.29) is 5.91 Å². The van der Waals surface area contributed by atoms with Crippen molar-refractivity contribution >= 4 is 11.6 Å². The maximum atomic E-state index is 12.3. The largest absolute Gasteiger partial charge is 0.324 e. The van der Waals surface area contributed by atoms with E-state index in [0.29, 0.717) is 6.54 Å². The second-order valence-corrected chi connectivity index (χ2v) is 6.69. The molecule has 1 aromatic rings. The van der Waals surface area contributed by atoms with Gasteiger partial charge < -0.3 is 10.6 Å². The number of hydrogen-bond acceptors (Lipinski definition) is 3. The fraction of sp³-hybridized carbons (Fsp3) is 0.588. The number of rotatable bonds is 3. The Labute approximate surface area is 126 Å². The van der Waals surface area contributed by atoms with Crippen LogP contribution in [0.4, 0.5) is 5.69 Å². The molecule has 114 valence electrons. The average molecular weight is 287 g/mol. The zero-order valence-corrected chi connectivity index (χ0v) is 13.2. The van der Waals surface area contributed by atoms with Crippen LogP contribution in [0.5, 0.6) is 0 Å². The van der Waals surface area contributed by atoms with Crippen molar-refractivity contribution in [3.05, 3.63) is 28.8 Å². The Hall–Kier alpha value is -1.39. The highest BCUT2D eigenvalue weighted by atomic mass is 16.2. The van der Waals surface area contributed by atoms with Gasteiger partial charge in [0.05, 0.1) is 6.54 Å². The van der Waals surface area contributed by atoms with E-state index >= 15 is 0 Å². The van der Waals surface area contributed by atoms with Gasteiger partial charge in [-0.2, -0.15) is 0 Å². The normalized spacial score (nSPS) is 25.1. The molecule has 1 amide bonds. The van der Waals surface area contributed by atoms with Gasteiger partial charge in [-0.3, -0.25) is 9.69 Å². The average Bonchev–Trinajstić information content (AvgIpc) is 2.94. The number of likely N-dealkylation sites (tertiary alicyclic amines) is 1. The molecule has 0 unspecified atom stereocenters. The molecule has 0 radical (unpaired) electrons. The fourth-order valence-corrected chi connectivity index (χ4v) is 3.84. The van der Waals surface area contributed by atoms with Crippen LogP contribution in [-0.2, 0) is 4.79 Å². The Morgan fingerprint density at radius 3 is 2.33 bits per heavy atom. The SMILES string of the molecule is Cc1cc(C)c(NC(=O)CN2C[C@H]3CNC[C@H]3C2)c(C)c1. The molecule has 1 aromatic carbocycles. The molecule has 2 aliphatic heterocycles. The maximum absolute atomic E-state index is 12.3. The van der Waals surface area contributed by atoms with Gasteiger partial charge in [0.15, 0.2) is 0 Å². The lowest BCUT2D eigenvalue weighted by molar-refractivity contribution is -0.117. The van der Waals surface area contributed by atoms with Crippen molar-refractivity contribution in [3.63, 3.8) is 0 Å². The number of fused-ring (bicyclic) bond motifs is 1. The second-order valence-electron chi connectivity index (χ2n) is 6.69. The third kappa shape index (κ3) is 3.11. The van der Waals surface area contributed by atoms with Crippen LogP contribution in [0.15, 0.2) is 12.1 Å². The summed E-state index contributed by atoms with van der Waals surface area (Å²) in [6, 6.07) is 4.24. The first-order chi connectivity index (χ1) is 10.0. The highest BCUT2D eigenvalue weighted by Gasteiger charge is 2.36. The molecule has 2 atom stereocenters. The smallest absolute Gasteiger partial charge is 0.238 e. The highest BCUT2D eigenvalue weighted by molar-refractivity contribution is 5.93. The summed E-state index contributed by atoms with van der Waals surface area (Å²) < 4.78 is 0. The van der Waals surface area contributed by atoms with E-state index in [1.165, 1.54) is 5.56 Å². The van der Waals surface area contributed by atoms with Gasteiger partial charge in [0, 0.05) is 18.8 Å². The van der Waals surface area contributed by atoms with E-state index in [4.69, 9.17) is 0 Å². The summed E-state index contributed by atoms with van der Waals surface area (Å²) in [7, 11) is 0. The minimum atomic E-state index is 0.109. The number of benzene rings is 1. The molecule has 2 saturated heterocycles. The second kappa shape index (κ2) is 5.78. The van der Waals surface area contributed by atoms with Gasteiger partial charge in [0.2, 0.25) is 5.91 Å². The summed E-state index contributed by atoms with van der Waals surface area (Å²) in [5.74, 6) is 1.58. The molecule has 4 heteroatoms. The van der Waals surface area contributed by atoms with Crippen LogP contribution in [0, 0.1) is 32.6 Å². The molecule has 0 bridgehead atoms. The van der Waals surface area contributed by atoms with Gasteiger partial charge in [0.25, 0.3) is 0 Å². The summed E-state index contributed by atoms with van der Waals surface area (Å²) in [6.07, 6.45) is 0. The van der Waals surface area contributed by atoms with Crippen LogP contribution < -0.4 is 10.6 Å². The molecule has 2 N–H and O–H groups in total. The van der Waals surface area contributed by atoms with E-state index < -0.39 is 0 Å². The van der Waals surface area contributed by atoms with Gasteiger partial charge >= 0.3 is 0 Å². The fourth-order valence-electron chi connectivity index (χ4n) is 3.84. The van der Waals surface area contributed by atoms with Crippen LogP contribution in [0.2, 0.25) is 0 Å². The molecular formula is C17H25N3O. The maximum Gasteiger partial charge on any atom is 0.238 e. The number of amides is 1. The summed E-state index contributed by atoms with van der Waals surface area (Å²) in [6.45, 7) is 11.0. The van der Waals surface area contributed by atoms with Crippen molar-refractivity contribution in [1.82, 2.24) is 10.2 Å². The Balaban J connectivity index is 1.60. The van der Waals surface area contributed by atoms with Crippen LogP contribution in [0.1, 0.15) is 16.7 Å². The zero-order chi connectivity index (χ0) is 15.0. The number of nitrogens with zero attached hydrogens (tertiary/aromatic N) is 1. The molecule has 2 fully saturated rings. The van der Waals surface area contributed by atoms with E-state index in [2.05, 4.69) is 48.4 Å². The van der Waals surface area contributed by atoms with E-state index in [0.717, 1.165) is 54.8 Å². The third-order valence-corrected chi connectivity index (χ3v) is 4.77. The summed E-state index contributed by atoms with van der Waals surface area (Å²) in [5, 5.41) is 6.53. The molecule has 21 heavy (non-hydrogen) atoms. The van der Waals surface area contributed by atoms with Gasteiger partial charge in [-0.15, -0.1) is 0 Å². The molecule has 2 aliphatic rings. The number of nitrogens with one attached hydrogen (secondary N) is 2. The van der Waals surface area contributed by atoms with Crippen molar-refractivity contribution in [1.29, 1.82) is 0 Å². The molecule has 2 heterocycles. The Bertz CT molecular complexity index is 520. The number of hydrogen-bond donors (Lipinski definition) is 2. The molecular weight excluding hydrogens is 262 g/mol. The topological polar surface area (TPSA) is 44.4 Å². The molecule has 0 aromatic heterocycles. The van der Waals surface area contributed by atoms with Crippen molar-refractivity contribution in [2.75, 3.05) is 38.0 Å². The van der Waals surface area contributed by atoms with Gasteiger partial charge in [-0.25, -0.2) is 0 Å². The number of anilines is 1. The van der Waals surface area contributed by atoms with Crippen LogP contribution >= 0.6 is 0 Å². The summed E-state index contributed by atoms with van der Waals surface area (Å²) in [4.78, 5) is 14.6. The molecule has 4 nitrogen and oxygen atoms in total. The Morgan fingerprint density at radius 1 is 1.19 bits per heavy atom. The molecule has 3 rings (SSSR count). The first-order valence-corrected chi connectivity index (χ1v) is 7.83. The highest BCUT2D eigenvalue weighted by Crippen LogP contribution is 2.26. The third-order valence-electron chi connectivity index (χ3n) is 4.77. The van der Waals surface area contributed by atoms with Crippen molar-refractivity contribution in [2.24, 2.45) is 11.8 Å². The Kier molecular flexibility index (Phi) is 4.00. The lowest BCUT2D eigenvalue weighted by Gasteiger charge is -2.18. The van der Waals surface area contributed by atoms with Crippen molar-refractivity contribution in [3.8, 4) is 0 Å². The lowest BCUT2D eigenvalue weighted by atomic mass is 10.0. The van der Waals surface area contributed by atoms with E-state index in [9.17, 15) is 4.79 Å². The molecule has 0 saturated carbocycles. The first-order valence-electron chi connectivity index (χ1n) is 7.83. The van der Waals surface area contributed by atoms with Crippen molar-refractivity contribution in [2.45, 2.75) is 20.8 Å². The molecule has 0 aliphatic carbocycles. The monoisotopic (exact) mass is 287 g/mol. The predicted octanol–water partition coefficient (Wildman–Crippen LogP) is 1.70. The quantitative estimate of drug-likeness (QED) is 0.889. The minimum Gasteiger partial charge on any atom is -0.324 e. The zero-order valence-electron chi connectivity index (χ0n) is 13.2. The van der Waals surface area contributed by atoms with Crippen LogP contribution in [-0.4, -0.2) is 43.5 Å². The van der Waals surface area contributed by atoms with Crippen LogP contribution in [0.25, 0.3) is 0 Å². The van der Waals surface area contributed by atoms with E-state index in [1.807, 2.05) is 0 Å². The standard InChI is InChI=1S/C17H25N3O/c1-11-4-12(2)17(13(3)5-11)19-16(21)10-20-8-14-6-18-7-15(14)9-20/h4-5,14-15,18H,6-10H2,1-3H3,(H,19,21)/t14-,15+. The van der Waals surface area contributed by atoms with Gasteiger partial charge in [-0.05, 0) is 56.8 Å². The Morgan fingerprint density at radius 2 is 1.76 bits per heavy atom. The van der Waals surface area contributed by atoms with E-state index in [1.54, 1.807) is 0 Å². The van der Waals surface area contributed by atoms with Crippen molar-refractivity contribution < 1.29 is 4.79 Å². The van der Waals surface area contributed by atoms with Gasteiger partial charge in [0.1, 0.15) is 0 Å². The summed E-state index contributed by atoms with van der Waals surface area (Å²) in [5.41, 5.74) is 4.50. The lowest BCUT2D eigenvalue weighted by Crippen LogP contribution is -2.34. The van der Waals surface area contributed by atoms with Crippen LogP contribution in [0.3, 0.4) is 0 Å². The summed E-state index contributed by atoms with van der Waals surface area (Å²) >= 11 is 0. The minimum absolute atomic E-state index is 0.109.